The number of hydrogen-bond donors (Lipinski definition) is 1. The quantitative estimate of drug-likeness (QED) is 0.887. The molecule has 0 saturated carbocycles. The largest absolute Gasteiger partial charge is 0.489 e. The summed E-state index contributed by atoms with van der Waals surface area (Å²) in [5, 5.41) is 3.33. The molecule has 1 saturated heterocycles. The Morgan fingerprint density at radius 2 is 1.72 bits per heavy atom. The number of rotatable bonds is 5. The van der Waals surface area contributed by atoms with Crippen LogP contribution in [0.2, 0.25) is 0 Å². The number of benzene rings is 2. The second kappa shape index (κ2) is 9.44. The molecule has 0 bridgehead atoms. The summed E-state index contributed by atoms with van der Waals surface area (Å²) in [6.45, 7) is 2.47. The number of halogens is 1. The van der Waals surface area contributed by atoms with E-state index in [4.69, 9.17) is 4.74 Å². The van der Waals surface area contributed by atoms with Crippen molar-refractivity contribution in [2.24, 2.45) is 0 Å². The average molecular weight is 361 g/mol. The van der Waals surface area contributed by atoms with Crippen LogP contribution in [0, 0.1) is 0 Å². The average Bonchev–Trinajstić information content (AvgIpc) is 2.67. The Bertz CT molecular complexity index is 655. The number of amides is 1. The van der Waals surface area contributed by atoms with Gasteiger partial charge in [-0.1, -0.05) is 30.3 Å². The summed E-state index contributed by atoms with van der Waals surface area (Å²) >= 11 is 0. The Balaban J connectivity index is 0.00000225. The summed E-state index contributed by atoms with van der Waals surface area (Å²) in [4.78, 5) is 14.5. The number of nitrogens with one attached hydrogen (secondary N) is 1. The molecule has 3 rings (SSSR count). The predicted octanol–water partition coefficient (Wildman–Crippen LogP) is 3.51. The van der Waals surface area contributed by atoms with E-state index in [1.165, 1.54) is 0 Å². The lowest BCUT2D eigenvalue weighted by Crippen LogP contribution is -2.43. The second-order valence-electron chi connectivity index (χ2n) is 6.20. The van der Waals surface area contributed by atoms with Gasteiger partial charge in [-0.05, 0) is 55.8 Å². The molecule has 0 unspecified atom stereocenters. The molecule has 2 aromatic rings. The number of carbonyl (C=O) groups is 1. The minimum atomic E-state index is 0. The number of piperidine rings is 1. The maximum absolute atomic E-state index is 12.6. The Morgan fingerprint density at radius 3 is 2.36 bits per heavy atom. The molecule has 0 atom stereocenters. The first kappa shape index (κ1) is 19.3. The van der Waals surface area contributed by atoms with Gasteiger partial charge in [0.1, 0.15) is 12.4 Å². The summed E-state index contributed by atoms with van der Waals surface area (Å²) in [6.07, 6.45) is 2.04. The zero-order chi connectivity index (χ0) is 16.8. The van der Waals surface area contributed by atoms with Crippen molar-refractivity contribution in [3.8, 4) is 5.75 Å². The maximum Gasteiger partial charge on any atom is 0.253 e. The SMILES string of the molecule is CN(C(=O)c1ccc(COc2ccccc2)cc1)C1CCNCC1.Cl. The van der Waals surface area contributed by atoms with E-state index in [2.05, 4.69) is 5.32 Å². The monoisotopic (exact) mass is 360 g/mol. The third kappa shape index (κ3) is 5.21. The number of hydrogen-bond acceptors (Lipinski definition) is 3. The number of para-hydroxylation sites is 1. The van der Waals surface area contributed by atoms with Gasteiger partial charge in [0.15, 0.2) is 0 Å². The van der Waals surface area contributed by atoms with Crippen LogP contribution in [0.3, 0.4) is 0 Å². The van der Waals surface area contributed by atoms with Crippen LogP contribution in [0.1, 0.15) is 28.8 Å². The molecule has 5 heteroatoms. The van der Waals surface area contributed by atoms with Crippen molar-refractivity contribution in [3.63, 3.8) is 0 Å². The Morgan fingerprint density at radius 1 is 1.08 bits per heavy atom. The van der Waals surface area contributed by atoms with Gasteiger partial charge in [-0.15, -0.1) is 12.4 Å². The van der Waals surface area contributed by atoms with Gasteiger partial charge in [0.2, 0.25) is 0 Å². The fourth-order valence-corrected chi connectivity index (χ4v) is 2.99. The Kier molecular flexibility index (Phi) is 7.29. The number of ether oxygens (including phenoxy) is 1. The molecule has 0 radical (unpaired) electrons. The molecule has 0 aliphatic carbocycles. The Labute approximate surface area is 155 Å². The van der Waals surface area contributed by atoms with E-state index in [9.17, 15) is 4.79 Å². The van der Waals surface area contributed by atoms with Crippen molar-refractivity contribution in [2.75, 3.05) is 20.1 Å². The molecule has 1 aliphatic rings. The molecule has 0 spiro atoms. The van der Waals surface area contributed by atoms with E-state index in [1.54, 1.807) is 0 Å². The minimum Gasteiger partial charge on any atom is -0.489 e. The highest BCUT2D eigenvalue weighted by atomic mass is 35.5. The normalized spacial score (nSPS) is 14.4. The molecule has 1 fully saturated rings. The standard InChI is InChI=1S/C20H24N2O2.ClH/c1-22(18-11-13-21-14-12-18)20(23)17-9-7-16(8-10-17)15-24-19-5-3-2-4-6-19;/h2-10,18,21H,11-15H2,1H3;1H. The van der Waals surface area contributed by atoms with Crippen molar-refractivity contribution < 1.29 is 9.53 Å². The van der Waals surface area contributed by atoms with E-state index in [-0.39, 0.29) is 18.3 Å². The van der Waals surface area contributed by atoms with Gasteiger partial charge in [-0.2, -0.15) is 0 Å². The van der Waals surface area contributed by atoms with Crippen LogP contribution in [0.15, 0.2) is 54.6 Å². The van der Waals surface area contributed by atoms with Crippen LogP contribution in [-0.4, -0.2) is 37.0 Å². The van der Waals surface area contributed by atoms with E-state index >= 15 is 0 Å². The van der Waals surface area contributed by atoms with E-state index in [1.807, 2.05) is 66.5 Å². The van der Waals surface area contributed by atoms with Gasteiger partial charge >= 0.3 is 0 Å². The van der Waals surface area contributed by atoms with Crippen molar-refractivity contribution in [1.29, 1.82) is 0 Å². The Hall–Kier alpha value is -2.04. The van der Waals surface area contributed by atoms with E-state index in [0.717, 1.165) is 42.8 Å². The third-order valence-corrected chi connectivity index (χ3v) is 4.53. The van der Waals surface area contributed by atoms with Gasteiger partial charge < -0.3 is 15.0 Å². The van der Waals surface area contributed by atoms with Gasteiger partial charge in [-0.3, -0.25) is 4.79 Å². The van der Waals surface area contributed by atoms with Crippen molar-refractivity contribution >= 4 is 18.3 Å². The zero-order valence-electron chi connectivity index (χ0n) is 14.5. The topological polar surface area (TPSA) is 41.6 Å². The van der Waals surface area contributed by atoms with Crippen molar-refractivity contribution in [2.45, 2.75) is 25.5 Å². The molecule has 25 heavy (non-hydrogen) atoms. The second-order valence-corrected chi connectivity index (χ2v) is 6.20. The maximum atomic E-state index is 12.6. The predicted molar refractivity (Wildman–Crippen MR) is 102 cm³/mol. The molecule has 134 valence electrons. The van der Waals surface area contributed by atoms with Gasteiger partial charge in [0, 0.05) is 18.7 Å². The molecule has 1 amide bonds. The highest BCUT2D eigenvalue weighted by Crippen LogP contribution is 2.16. The summed E-state index contributed by atoms with van der Waals surface area (Å²) in [5.74, 6) is 0.945. The lowest BCUT2D eigenvalue weighted by molar-refractivity contribution is 0.0703. The number of carbonyl (C=O) groups excluding carboxylic acids is 1. The molecule has 1 N–H and O–H groups in total. The summed E-state index contributed by atoms with van der Waals surface area (Å²) in [6, 6.07) is 17.8. The van der Waals surface area contributed by atoms with Gasteiger partial charge in [-0.25, -0.2) is 0 Å². The molecular formula is C20H25ClN2O2. The first-order chi connectivity index (χ1) is 11.7. The summed E-state index contributed by atoms with van der Waals surface area (Å²) in [7, 11) is 1.91. The van der Waals surface area contributed by atoms with Crippen LogP contribution in [0.5, 0.6) is 5.75 Å². The smallest absolute Gasteiger partial charge is 0.253 e. The van der Waals surface area contributed by atoms with Crippen molar-refractivity contribution in [1.82, 2.24) is 10.2 Å². The highest BCUT2D eigenvalue weighted by molar-refractivity contribution is 5.94. The molecule has 1 heterocycles. The number of nitrogens with zero attached hydrogens (tertiary/aromatic N) is 1. The van der Waals surface area contributed by atoms with E-state index in [0.29, 0.717) is 12.6 Å². The first-order valence-corrected chi connectivity index (χ1v) is 8.49. The zero-order valence-corrected chi connectivity index (χ0v) is 15.3. The molecule has 4 nitrogen and oxygen atoms in total. The summed E-state index contributed by atoms with van der Waals surface area (Å²) in [5.41, 5.74) is 1.79. The summed E-state index contributed by atoms with van der Waals surface area (Å²) < 4.78 is 5.73. The lowest BCUT2D eigenvalue weighted by Gasteiger charge is -2.31. The molecule has 1 aliphatic heterocycles. The molecule has 2 aromatic carbocycles. The van der Waals surface area contributed by atoms with Crippen LogP contribution < -0.4 is 10.1 Å². The molecule has 0 aromatic heterocycles. The minimum absolute atomic E-state index is 0. The van der Waals surface area contributed by atoms with Gasteiger partial charge in [0.05, 0.1) is 0 Å². The fourth-order valence-electron chi connectivity index (χ4n) is 2.99. The third-order valence-electron chi connectivity index (χ3n) is 4.53. The van der Waals surface area contributed by atoms with Gasteiger partial charge in [0.25, 0.3) is 5.91 Å². The molecular weight excluding hydrogens is 336 g/mol. The fraction of sp³-hybridized carbons (Fsp3) is 0.350. The lowest BCUT2D eigenvalue weighted by atomic mass is 10.0. The van der Waals surface area contributed by atoms with Crippen LogP contribution in [-0.2, 0) is 6.61 Å². The first-order valence-electron chi connectivity index (χ1n) is 8.49. The van der Waals surface area contributed by atoms with Crippen LogP contribution in [0.4, 0.5) is 0 Å². The van der Waals surface area contributed by atoms with Crippen LogP contribution >= 0.6 is 12.4 Å². The highest BCUT2D eigenvalue weighted by Gasteiger charge is 2.22. The van der Waals surface area contributed by atoms with E-state index < -0.39 is 0 Å². The van der Waals surface area contributed by atoms with Crippen molar-refractivity contribution in [3.05, 3.63) is 65.7 Å². The van der Waals surface area contributed by atoms with Crippen LogP contribution in [0.25, 0.3) is 0 Å².